The minimum atomic E-state index is -3.20. The zero-order valence-corrected chi connectivity index (χ0v) is 8.32. The minimum absolute atomic E-state index is 0.408. The molecule has 4 nitrogen and oxygen atoms in total. The SMILES string of the molecule is CC1OC(F)(F)C1N1CCCC1C(=O)O. The fraction of sp³-hybridized carbons (Fsp3) is 0.889. The molecule has 6 heteroatoms. The first-order valence-electron chi connectivity index (χ1n) is 4.97. The van der Waals surface area contributed by atoms with Crippen molar-refractivity contribution in [2.45, 2.75) is 44.1 Å². The van der Waals surface area contributed by atoms with Crippen molar-refractivity contribution in [2.24, 2.45) is 0 Å². The van der Waals surface area contributed by atoms with Crippen molar-refractivity contribution >= 4 is 5.97 Å². The normalized spacial score (nSPS) is 40.1. The van der Waals surface area contributed by atoms with E-state index >= 15 is 0 Å². The van der Waals surface area contributed by atoms with E-state index in [0.717, 1.165) is 0 Å². The number of hydrogen-bond donors (Lipinski definition) is 1. The Hall–Kier alpha value is -0.750. The van der Waals surface area contributed by atoms with Crippen LogP contribution in [0.25, 0.3) is 0 Å². The predicted octanol–water partition coefficient (Wildman–Crippen LogP) is 0.915. The molecule has 0 aromatic heterocycles. The van der Waals surface area contributed by atoms with Crippen LogP contribution < -0.4 is 0 Å². The molecule has 0 spiro atoms. The van der Waals surface area contributed by atoms with E-state index in [4.69, 9.17) is 5.11 Å². The standard InChI is InChI=1S/C9H13F2NO3/c1-5-7(9(10,11)15-5)12-4-2-3-6(12)8(13)14/h5-7H,2-4H2,1H3,(H,13,14). The molecule has 2 saturated heterocycles. The quantitative estimate of drug-likeness (QED) is 0.753. The summed E-state index contributed by atoms with van der Waals surface area (Å²) in [5.41, 5.74) is 0. The number of likely N-dealkylation sites (tertiary alicyclic amines) is 1. The number of hydrogen-bond acceptors (Lipinski definition) is 3. The van der Waals surface area contributed by atoms with Crippen LogP contribution in [-0.4, -0.2) is 46.8 Å². The summed E-state index contributed by atoms with van der Waals surface area (Å²) < 4.78 is 30.5. The molecule has 0 bridgehead atoms. The van der Waals surface area contributed by atoms with Crippen LogP contribution in [0.1, 0.15) is 19.8 Å². The molecular weight excluding hydrogens is 208 g/mol. The van der Waals surface area contributed by atoms with Gasteiger partial charge in [0, 0.05) is 0 Å². The van der Waals surface area contributed by atoms with Crippen molar-refractivity contribution in [2.75, 3.05) is 6.54 Å². The number of carboxylic acids is 1. The highest BCUT2D eigenvalue weighted by molar-refractivity contribution is 5.73. The lowest BCUT2D eigenvalue weighted by Gasteiger charge is -2.47. The van der Waals surface area contributed by atoms with E-state index in [1.54, 1.807) is 6.92 Å². The molecule has 2 fully saturated rings. The van der Waals surface area contributed by atoms with Crippen molar-refractivity contribution in [3.05, 3.63) is 0 Å². The average Bonchev–Trinajstić information content (AvgIpc) is 2.50. The smallest absolute Gasteiger partial charge is 0.374 e. The van der Waals surface area contributed by atoms with Gasteiger partial charge in [0.15, 0.2) is 0 Å². The number of alkyl halides is 2. The highest BCUT2D eigenvalue weighted by Crippen LogP contribution is 2.42. The summed E-state index contributed by atoms with van der Waals surface area (Å²) in [6.07, 6.45) is -2.71. The molecule has 2 rings (SSSR count). The van der Waals surface area contributed by atoms with E-state index in [1.807, 2.05) is 0 Å². The monoisotopic (exact) mass is 221 g/mol. The van der Waals surface area contributed by atoms with Crippen molar-refractivity contribution in [3.63, 3.8) is 0 Å². The molecule has 0 amide bonds. The van der Waals surface area contributed by atoms with Gasteiger partial charge in [-0.25, -0.2) is 0 Å². The fourth-order valence-electron chi connectivity index (χ4n) is 2.43. The number of carboxylic acid groups (broad SMARTS) is 1. The van der Waals surface area contributed by atoms with Gasteiger partial charge in [-0.3, -0.25) is 9.69 Å². The number of ether oxygens (including phenoxy) is 1. The van der Waals surface area contributed by atoms with Crippen LogP contribution >= 0.6 is 0 Å². The van der Waals surface area contributed by atoms with Crippen molar-refractivity contribution < 1.29 is 23.4 Å². The van der Waals surface area contributed by atoms with E-state index in [0.29, 0.717) is 19.4 Å². The summed E-state index contributed by atoms with van der Waals surface area (Å²) in [6, 6.07) is -1.87. The number of rotatable bonds is 2. The number of nitrogens with zero attached hydrogens (tertiary/aromatic N) is 1. The van der Waals surface area contributed by atoms with Crippen LogP contribution in [0.4, 0.5) is 8.78 Å². The van der Waals surface area contributed by atoms with Gasteiger partial charge >= 0.3 is 12.1 Å². The molecule has 15 heavy (non-hydrogen) atoms. The lowest BCUT2D eigenvalue weighted by atomic mass is 10.0. The molecule has 86 valence electrons. The van der Waals surface area contributed by atoms with Crippen molar-refractivity contribution in [1.82, 2.24) is 4.90 Å². The first kappa shape index (κ1) is 10.8. The summed E-state index contributed by atoms with van der Waals surface area (Å²) in [5, 5.41) is 8.88. The largest absolute Gasteiger partial charge is 0.480 e. The molecular formula is C9H13F2NO3. The van der Waals surface area contributed by atoms with Gasteiger partial charge in [-0.15, -0.1) is 0 Å². The molecule has 0 radical (unpaired) electrons. The van der Waals surface area contributed by atoms with Crippen LogP contribution in [0.2, 0.25) is 0 Å². The van der Waals surface area contributed by atoms with Gasteiger partial charge in [0.2, 0.25) is 0 Å². The summed E-state index contributed by atoms with van der Waals surface area (Å²) in [6.45, 7) is 1.95. The third kappa shape index (κ3) is 1.61. The van der Waals surface area contributed by atoms with Crippen molar-refractivity contribution in [3.8, 4) is 0 Å². The Labute approximate surface area is 85.8 Å². The van der Waals surface area contributed by atoms with Gasteiger partial charge < -0.3 is 9.84 Å². The summed E-state index contributed by atoms with van der Waals surface area (Å²) in [4.78, 5) is 12.2. The Morgan fingerprint density at radius 2 is 2.27 bits per heavy atom. The van der Waals surface area contributed by atoms with Gasteiger partial charge in [-0.1, -0.05) is 0 Å². The maximum atomic E-state index is 13.1. The highest BCUT2D eigenvalue weighted by atomic mass is 19.3. The van der Waals surface area contributed by atoms with Gasteiger partial charge in [-0.2, -0.15) is 8.78 Å². The van der Waals surface area contributed by atoms with Crippen LogP contribution in [0.15, 0.2) is 0 Å². The lowest BCUT2D eigenvalue weighted by molar-refractivity contribution is -0.388. The molecule has 0 aliphatic carbocycles. The molecule has 0 aromatic rings. The third-order valence-corrected chi connectivity index (χ3v) is 3.07. The molecule has 1 N–H and O–H groups in total. The second-order valence-electron chi connectivity index (χ2n) is 4.06. The first-order chi connectivity index (χ1) is 6.93. The fourth-order valence-corrected chi connectivity index (χ4v) is 2.43. The summed E-state index contributed by atoms with van der Waals surface area (Å²) >= 11 is 0. The third-order valence-electron chi connectivity index (χ3n) is 3.07. The van der Waals surface area contributed by atoms with Crippen LogP contribution in [-0.2, 0) is 9.53 Å². The molecule has 0 saturated carbocycles. The van der Waals surface area contributed by atoms with Gasteiger partial charge in [-0.05, 0) is 26.3 Å². The molecule has 2 aliphatic heterocycles. The zero-order chi connectivity index (χ0) is 11.2. The first-order valence-corrected chi connectivity index (χ1v) is 4.97. The Balaban J connectivity index is 2.12. The maximum Gasteiger partial charge on any atom is 0.374 e. The highest BCUT2D eigenvalue weighted by Gasteiger charge is 2.61. The molecule has 2 aliphatic rings. The molecule has 3 atom stereocenters. The predicted molar refractivity (Wildman–Crippen MR) is 46.6 cm³/mol. The average molecular weight is 221 g/mol. The summed E-state index contributed by atoms with van der Waals surface area (Å²) in [5.74, 6) is -1.03. The Bertz CT molecular complexity index is 285. The van der Waals surface area contributed by atoms with E-state index in [2.05, 4.69) is 4.74 Å². The maximum absolute atomic E-state index is 13.1. The van der Waals surface area contributed by atoms with Gasteiger partial charge in [0.1, 0.15) is 12.1 Å². The molecule has 0 aromatic carbocycles. The second-order valence-corrected chi connectivity index (χ2v) is 4.06. The number of aliphatic carboxylic acids is 1. The van der Waals surface area contributed by atoms with Crippen LogP contribution in [0.3, 0.4) is 0 Å². The van der Waals surface area contributed by atoms with Crippen LogP contribution in [0.5, 0.6) is 0 Å². The van der Waals surface area contributed by atoms with Crippen molar-refractivity contribution in [1.29, 1.82) is 0 Å². The zero-order valence-electron chi connectivity index (χ0n) is 8.32. The minimum Gasteiger partial charge on any atom is -0.480 e. The van der Waals surface area contributed by atoms with Crippen LogP contribution in [0, 0.1) is 0 Å². The Morgan fingerprint density at radius 3 is 2.73 bits per heavy atom. The van der Waals surface area contributed by atoms with E-state index in [-0.39, 0.29) is 0 Å². The number of halogens is 2. The van der Waals surface area contributed by atoms with E-state index in [1.165, 1.54) is 4.90 Å². The molecule has 2 heterocycles. The number of carbonyl (C=O) groups is 1. The van der Waals surface area contributed by atoms with Gasteiger partial charge in [0.25, 0.3) is 0 Å². The summed E-state index contributed by atoms with van der Waals surface area (Å²) in [7, 11) is 0. The topological polar surface area (TPSA) is 49.8 Å². The van der Waals surface area contributed by atoms with E-state index in [9.17, 15) is 13.6 Å². The lowest BCUT2D eigenvalue weighted by Crippen LogP contribution is -2.67. The second kappa shape index (κ2) is 3.38. The van der Waals surface area contributed by atoms with E-state index < -0.39 is 30.3 Å². The molecule has 3 unspecified atom stereocenters. The Kier molecular flexibility index (Phi) is 2.42. The Morgan fingerprint density at radius 1 is 1.60 bits per heavy atom. The van der Waals surface area contributed by atoms with Gasteiger partial charge in [0.05, 0.1) is 6.10 Å².